The first-order chi connectivity index (χ1) is 14.6. The lowest BCUT2D eigenvalue weighted by molar-refractivity contribution is -0.124. The van der Waals surface area contributed by atoms with E-state index in [1.807, 2.05) is 48.5 Å². The summed E-state index contributed by atoms with van der Waals surface area (Å²) >= 11 is 1.66. The minimum atomic E-state index is -0.165. The van der Waals surface area contributed by atoms with Gasteiger partial charge in [-0.15, -0.1) is 11.8 Å². The van der Waals surface area contributed by atoms with Gasteiger partial charge in [-0.2, -0.15) is 0 Å². The predicted octanol–water partition coefficient (Wildman–Crippen LogP) is 3.56. The van der Waals surface area contributed by atoms with E-state index in [0.717, 1.165) is 41.3 Å². The Labute approximate surface area is 180 Å². The van der Waals surface area contributed by atoms with Crippen LogP contribution in [0.4, 0.5) is 5.69 Å². The number of ether oxygens (including phenoxy) is 2. The Morgan fingerprint density at radius 1 is 1.23 bits per heavy atom. The maximum atomic E-state index is 13.2. The van der Waals surface area contributed by atoms with Crippen molar-refractivity contribution < 1.29 is 19.1 Å². The summed E-state index contributed by atoms with van der Waals surface area (Å²) in [5, 5.41) is 2.90. The van der Waals surface area contributed by atoms with Crippen molar-refractivity contribution in [2.24, 2.45) is 0 Å². The molecular weight excluding hydrogens is 400 g/mol. The average Bonchev–Trinajstić information content (AvgIpc) is 3.25. The highest BCUT2D eigenvalue weighted by Crippen LogP contribution is 2.45. The van der Waals surface area contributed by atoms with Crippen LogP contribution < -0.4 is 15.0 Å². The lowest BCUT2D eigenvalue weighted by atomic mass is 10.1. The second-order valence-corrected chi connectivity index (χ2v) is 8.72. The number of para-hydroxylation sites is 1. The maximum Gasteiger partial charge on any atom is 0.240 e. The first kappa shape index (κ1) is 20.8. The number of benzene rings is 2. The van der Waals surface area contributed by atoms with Crippen LogP contribution >= 0.6 is 11.8 Å². The summed E-state index contributed by atoms with van der Waals surface area (Å²) in [5.74, 6) is 0.565. The number of thioether (sulfide) groups is 1. The zero-order valence-corrected chi connectivity index (χ0v) is 17.8. The number of nitrogens with zero attached hydrogens (tertiary/aromatic N) is 1. The smallest absolute Gasteiger partial charge is 0.240 e. The van der Waals surface area contributed by atoms with E-state index in [2.05, 4.69) is 5.32 Å². The van der Waals surface area contributed by atoms with E-state index in [9.17, 15) is 9.59 Å². The van der Waals surface area contributed by atoms with Gasteiger partial charge in [-0.25, -0.2) is 0 Å². The zero-order chi connectivity index (χ0) is 20.9. The van der Waals surface area contributed by atoms with Crippen molar-refractivity contribution in [1.82, 2.24) is 5.32 Å². The number of carbonyl (C=O) groups is 2. The third kappa shape index (κ3) is 4.79. The van der Waals surface area contributed by atoms with Crippen molar-refractivity contribution in [3.63, 3.8) is 0 Å². The summed E-state index contributed by atoms with van der Waals surface area (Å²) in [6.45, 7) is 1.26. The fourth-order valence-corrected chi connectivity index (χ4v) is 5.07. The lowest BCUT2D eigenvalue weighted by Gasteiger charge is -2.22. The first-order valence-electron chi connectivity index (χ1n) is 10.2. The van der Waals surface area contributed by atoms with Crippen LogP contribution in [0.25, 0.3) is 0 Å². The van der Waals surface area contributed by atoms with Crippen LogP contribution in [0.15, 0.2) is 53.4 Å². The Hall–Kier alpha value is -2.51. The second kappa shape index (κ2) is 9.53. The third-order valence-electron chi connectivity index (χ3n) is 5.43. The molecule has 0 aliphatic carbocycles. The van der Waals surface area contributed by atoms with E-state index in [1.54, 1.807) is 23.8 Å². The number of nitrogens with one attached hydrogen (secondary N) is 1. The van der Waals surface area contributed by atoms with Crippen LogP contribution in [0.5, 0.6) is 5.75 Å². The summed E-state index contributed by atoms with van der Waals surface area (Å²) in [4.78, 5) is 28.3. The van der Waals surface area contributed by atoms with E-state index in [0.29, 0.717) is 13.0 Å². The molecule has 4 rings (SSSR count). The van der Waals surface area contributed by atoms with Crippen LogP contribution in [-0.4, -0.2) is 44.7 Å². The fraction of sp³-hybridized carbons (Fsp3) is 0.391. The molecule has 158 valence electrons. The van der Waals surface area contributed by atoms with Gasteiger partial charge in [0.2, 0.25) is 11.8 Å². The van der Waals surface area contributed by atoms with E-state index >= 15 is 0 Å². The quantitative estimate of drug-likeness (QED) is 0.765. The molecule has 0 spiro atoms. The Morgan fingerprint density at radius 2 is 2.03 bits per heavy atom. The second-order valence-electron chi connectivity index (χ2n) is 7.47. The van der Waals surface area contributed by atoms with Gasteiger partial charge >= 0.3 is 0 Å². The van der Waals surface area contributed by atoms with Crippen molar-refractivity contribution in [1.29, 1.82) is 0 Å². The number of rotatable bonds is 6. The molecule has 2 aliphatic rings. The van der Waals surface area contributed by atoms with Gasteiger partial charge in [0.25, 0.3) is 0 Å². The van der Waals surface area contributed by atoms with Gasteiger partial charge in [-0.3, -0.25) is 9.59 Å². The van der Waals surface area contributed by atoms with Crippen molar-refractivity contribution in [2.75, 3.05) is 31.7 Å². The number of amides is 2. The zero-order valence-electron chi connectivity index (χ0n) is 17.0. The molecule has 1 saturated heterocycles. The molecule has 2 atom stereocenters. The van der Waals surface area contributed by atoms with E-state index in [4.69, 9.17) is 9.47 Å². The van der Waals surface area contributed by atoms with Gasteiger partial charge in [-0.1, -0.05) is 24.3 Å². The highest BCUT2D eigenvalue weighted by Gasteiger charge is 2.30. The molecule has 0 aromatic heterocycles. The highest BCUT2D eigenvalue weighted by atomic mass is 32.2. The number of hydrogen-bond donors (Lipinski definition) is 1. The maximum absolute atomic E-state index is 13.2. The van der Waals surface area contributed by atoms with Crippen LogP contribution in [0.1, 0.15) is 30.1 Å². The van der Waals surface area contributed by atoms with Crippen LogP contribution in [0.3, 0.4) is 0 Å². The molecule has 0 bridgehead atoms. The molecule has 0 unspecified atom stereocenters. The molecule has 6 nitrogen and oxygen atoms in total. The van der Waals surface area contributed by atoms with Crippen molar-refractivity contribution >= 4 is 29.3 Å². The normalized spacial score (nSPS) is 21.1. The monoisotopic (exact) mass is 426 g/mol. The highest BCUT2D eigenvalue weighted by molar-refractivity contribution is 7.99. The third-order valence-corrected chi connectivity index (χ3v) is 6.75. The Balaban J connectivity index is 1.50. The van der Waals surface area contributed by atoms with E-state index in [-0.39, 0.29) is 29.7 Å². The lowest BCUT2D eigenvalue weighted by Crippen LogP contribution is -2.42. The minimum absolute atomic E-state index is 0.0124. The molecule has 30 heavy (non-hydrogen) atoms. The Bertz CT molecular complexity index is 896. The van der Waals surface area contributed by atoms with Crippen LogP contribution in [-0.2, 0) is 14.3 Å². The Morgan fingerprint density at radius 3 is 2.77 bits per heavy atom. The van der Waals surface area contributed by atoms with Crippen molar-refractivity contribution in [3.05, 3.63) is 54.1 Å². The number of anilines is 1. The van der Waals surface area contributed by atoms with Gasteiger partial charge in [0.15, 0.2) is 0 Å². The summed E-state index contributed by atoms with van der Waals surface area (Å²) in [5.41, 5.74) is 1.85. The van der Waals surface area contributed by atoms with Crippen LogP contribution in [0.2, 0.25) is 0 Å². The molecule has 0 radical (unpaired) electrons. The summed E-state index contributed by atoms with van der Waals surface area (Å²) < 4.78 is 10.8. The molecule has 7 heteroatoms. The largest absolute Gasteiger partial charge is 0.497 e. The number of carbonyl (C=O) groups excluding carboxylic acids is 2. The molecule has 2 aliphatic heterocycles. The minimum Gasteiger partial charge on any atom is -0.497 e. The summed E-state index contributed by atoms with van der Waals surface area (Å²) in [6.07, 6.45) is 2.40. The molecular formula is C23H26N2O4S. The SMILES string of the molecule is COc1ccc([C@@H]2CC(=O)N(CC(=O)NC[C@H]3CCCO3)c3ccccc3S2)cc1. The molecule has 2 amide bonds. The van der Waals surface area contributed by atoms with E-state index in [1.165, 1.54) is 0 Å². The molecule has 2 heterocycles. The molecule has 2 aromatic rings. The van der Waals surface area contributed by atoms with Gasteiger partial charge < -0.3 is 19.7 Å². The average molecular weight is 427 g/mol. The fourth-order valence-electron chi connectivity index (χ4n) is 3.79. The summed E-state index contributed by atoms with van der Waals surface area (Å²) in [6, 6.07) is 15.6. The Kier molecular flexibility index (Phi) is 6.59. The molecule has 1 fully saturated rings. The molecule has 0 saturated carbocycles. The van der Waals surface area contributed by atoms with Crippen molar-refractivity contribution in [2.45, 2.75) is 35.5 Å². The summed E-state index contributed by atoms with van der Waals surface area (Å²) in [7, 11) is 1.64. The number of fused-ring (bicyclic) bond motifs is 1. The number of methoxy groups -OCH3 is 1. The van der Waals surface area contributed by atoms with Crippen LogP contribution in [0, 0.1) is 0 Å². The van der Waals surface area contributed by atoms with Gasteiger partial charge in [-0.05, 0) is 42.7 Å². The van der Waals surface area contributed by atoms with Gasteiger partial charge in [0.1, 0.15) is 12.3 Å². The topological polar surface area (TPSA) is 67.9 Å². The molecule has 1 N–H and O–H groups in total. The van der Waals surface area contributed by atoms with Gasteiger partial charge in [0.05, 0.1) is 18.9 Å². The predicted molar refractivity (Wildman–Crippen MR) is 117 cm³/mol. The first-order valence-corrected chi connectivity index (χ1v) is 11.1. The number of hydrogen-bond acceptors (Lipinski definition) is 5. The standard InChI is InChI=1S/C23H26N2O4S/c1-28-17-10-8-16(9-11-17)21-13-23(27)25(19-6-2-3-7-20(19)30-21)15-22(26)24-14-18-5-4-12-29-18/h2-3,6-11,18,21H,4-5,12-15H2,1H3,(H,24,26)/t18-,21+/m1/s1. The van der Waals surface area contributed by atoms with Gasteiger partial charge in [0, 0.05) is 29.7 Å². The van der Waals surface area contributed by atoms with Crippen molar-refractivity contribution in [3.8, 4) is 5.75 Å². The molecule has 2 aromatic carbocycles. The van der Waals surface area contributed by atoms with E-state index < -0.39 is 0 Å².